The minimum atomic E-state index is 0.823. The van der Waals surface area contributed by atoms with E-state index in [1.807, 2.05) is 5.51 Å². The van der Waals surface area contributed by atoms with Gasteiger partial charge in [-0.25, -0.2) is 4.98 Å². The summed E-state index contributed by atoms with van der Waals surface area (Å²) in [6.07, 6.45) is 0. The molecule has 96 valence electrons. The highest BCUT2D eigenvalue weighted by Crippen LogP contribution is 2.23. The van der Waals surface area contributed by atoms with Crippen LogP contribution in [-0.4, -0.2) is 4.98 Å². The highest BCUT2D eigenvalue weighted by atomic mass is 79.9. The molecule has 3 rings (SSSR count). The highest BCUT2D eigenvalue weighted by Gasteiger charge is 2.00. The van der Waals surface area contributed by atoms with Crippen LogP contribution in [0.1, 0.15) is 11.1 Å². The number of hydrogen-bond acceptors (Lipinski definition) is 3. The van der Waals surface area contributed by atoms with Crippen molar-refractivity contribution in [3.8, 4) is 0 Å². The number of benzene rings is 2. The zero-order valence-corrected chi connectivity index (χ0v) is 12.9. The van der Waals surface area contributed by atoms with Crippen LogP contribution in [0.2, 0.25) is 0 Å². The fraction of sp³-hybridized carbons (Fsp3) is 0.133. The lowest BCUT2D eigenvalue weighted by Gasteiger charge is -2.08. The molecule has 3 aromatic rings. The number of thiazole rings is 1. The first-order valence-electron chi connectivity index (χ1n) is 6.04. The standard InChI is InChI=1S/C15H13BrN2S/c1-10-2-3-11(6-13(10)16)8-17-12-4-5-14-15(7-12)19-9-18-14/h2-7,9,17H,8H2,1H3. The molecule has 0 amide bonds. The van der Waals surface area contributed by atoms with Crippen molar-refractivity contribution < 1.29 is 0 Å². The van der Waals surface area contributed by atoms with Gasteiger partial charge in [-0.3, -0.25) is 0 Å². The Morgan fingerprint density at radius 2 is 2.11 bits per heavy atom. The molecule has 0 bridgehead atoms. The second-order valence-electron chi connectivity index (χ2n) is 4.47. The van der Waals surface area contributed by atoms with E-state index in [1.54, 1.807) is 11.3 Å². The van der Waals surface area contributed by atoms with Gasteiger partial charge in [0.2, 0.25) is 0 Å². The second-order valence-corrected chi connectivity index (χ2v) is 6.21. The van der Waals surface area contributed by atoms with Crippen LogP contribution in [0.3, 0.4) is 0 Å². The van der Waals surface area contributed by atoms with Crippen LogP contribution in [0.5, 0.6) is 0 Å². The predicted octanol–water partition coefficient (Wildman–Crippen LogP) is 4.98. The molecular formula is C15H13BrN2S. The zero-order valence-electron chi connectivity index (χ0n) is 10.5. The summed E-state index contributed by atoms with van der Waals surface area (Å²) in [7, 11) is 0. The van der Waals surface area contributed by atoms with Crippen LogP contribution in [0.15, 0.2) is 46.4 Å². The first-order valence-corrected chi connectivity index (χ1v) is 7.72. The van der Waals surface area contributed by atoms with Gasteiger partial charge in [0.05, 0.1) is 15.7 Å². The summed E-state index contributed by atoms with van der Waals surface area (Å²) in [6, 6.07) is 12.7. The number of hydrogen-bond donors (Lipinski definition) is 1. The van der Waals surface area contributed by atoms with Crippen molar-refractivity contribution in [1.29, 1.82) is 0 Å². The minimum Gasteiger partial charge on any atom is -0.381 e. The van der Waals surface area contributed by atoms with Gasteiger partial charge in [-0.05, 0) is 42.3 Å². The Hall–Kier alpha value is -1.39. The van der Waals surface area contributed by atoms with E-state index in [1.165, 1.54) is 15.8 Å². The maximum atomic E-state index is 4.28. The number of aryl methyl sites for hydroxylation is 1. The van der Waals surface area contributed by atoms with Gasteiger partial charge in [0.1, 0.15) is 0 Å². The van der Waals surface area contributed by atoms with Crippen molar-refractivity contribution in [2.45, 2.75) is 13.5 Å². The van der Waals surface area contributed by atoms with Crippen molar-refractivity contribution >= 4 is 43.2 Å². The summed E-state index contributed by atoms with van der Waals surface area (Å²) in [4.78, 5) is 4.28. The van der Waals surface area contributed by atoms with Gasteiger partial charge in [0.15, 0.2) is 0 Å². The SMILES string of the molecule is Cc1ccc(CNc2ccc3ncsc3c2)cc1Br. The van der Waals surface area contributed by atoms with Crippen molar-refractivity contribution in [3.63, 3.8) is 0 Å². The third kappa shape index (κ3) is 2.80. The van der Waals surface area contributed by atoms with Gasteiger partial charge >= 0.3 is 0 Å². The van der Waals surface area contributed by atoms with Crippen LogP contribution < -0.4 is 5.32 Å². The maximum Gasteiger partial charge on any atom is 0.0813 e. The summed E-state index contributed by atoms with van der Waals surface area (Å²) < 4.78 is 2.37. The average molecular weight is 333 g/mol. The number of halogens is 1. The van der Waals surface area contributed by atoms with Crippen LogP contribution in [0.25, 0.3) is 10.2 Å². The summed E-state index contributed by atoms with van der Waals surface area (Å²) in [5.41, 5.74) is 6.60. The highest BCUT2D eigenvalue weighted by molar-refractivity contribution is 9.10. The van der Waals surface area contributed by atoms with Crippen LogP contribution in [0.4, 0.5) is 5.69 Å². The molecular weight excluding hydrogens is 320 g/mol. The molecule has 2 nitrogen and oxygen atoms in total. The smallest absolute Gasteiger partial charge is 0.0813 e. The van der Waals surface area contributed by atoms with E-state index in [0.717, 1.165) is 22.2 Å². The molecule has 0 unspecified atom stereocenters. The summed E-state index contributed by atoms with van der Waals surface area (Å²) >= 11 is 5.23. The van der Waals surface area contributed by atoms with Crippen LogP contribution >= 0.6 is 27.3 Å². The molecule has 0 radical (unpaired) electrons. The van der Waals surface area contributed by atoms with Crippen LogP contribution in [-0.2, 0) is 6.54 Å². The Morgan fingerprint density at radius 1 is 1.21 bits per heavy atom. The first-order chi connectivity index (χ1) is 9.22. The topological polar surface area (TPSA) is 24.9 Å². The van der Waals surface area contributed by atoms with Crippen molar-refractivity contribution in [1.82, 2.24) is 4.98 Å². The Kier molecular flexibility index (Phi) is 3.53. The summed E-state index contributed by atoms with van der Waals surface area (Å²) in [6.45, 7) is 2.92. The molecule has 1 heterocycles. The number of nitrogens with one attached hydrogen (secondary N) is 1. The minimum absolute atomic E-state index is 0.823. The molecule has 0 fully saturated rings. The number of aromatic nitrogens is 1. The lowest BCUT2D eigenvalue weighted by atomic mass is 10.1. The summed E-state index contributed by atoms with van der Waals surface area (Å²) in [5.74, 6) is 0. The molecule has 1 N–H and O–H groups in total. The van der Waals surface area contributed by atoms with E-state index in [2.05, 4.69) is 69.6 Å². The van der Waals surface area contributed by atoms with Crippen molar-refractivity contribution in [2.24, 2.45) is 0 Å². The fourth-order valence-corrected chi connectivity index (χ4v) is 3.06. The lowest BCUT2D eigenvalue weighted by molar-refractivity contribution is 1.14. The molecule has 0 saturated carbocycles. The van der Waals surface area contributed by atoms with Gasteiger partial charge in [-0.1, -0.05) is 28.1 Å². The van der Waals surface area contributed by atoms with E-state index in [-0.39, 0.29) is 0 Å². The number of nitrogens with zero attached hydrogens (tertiary/aromatic N) is 1. The Balaban J connectivity index is 1.75. The predicted molar refractivity (Wildman–Crippen MR) is 85.8 cm³/mol. The third-order valence-corrected chi connectivity index (χ3v) is 4.71. The molecule has 0 saturated heterocycles. The van der Waals surface area contributed by atoms with E-state index in [4.69, 9.17) is 0 Å². The molecule has 0 spiro atoms. The van der Waals surface area contributed by atoms with E-state index < -0.39 is 0 Å². The number of fused-ring (bicyclic) bond motifs is 1. The lowest BCUT2D eigenvalue weighted by Crippen LogP contribution is -1.99. The first kappa shape index (κ1) is 12.6. The second kappa shape index (κ2) is 5.31. The number of rotatable bonds is 3. The Labute approximate surface area is 124 Å². The largest absolute Gasteiger partial charge is 0.381 e. The Bertz CT molecular complexity index is 721. The molecule has 0 aliphatic carbocycles. The normalized spacial score (nSPS) is 10.8. The molecule has 4 heteroatoms. The van der Waals surface area contributed by atoms with Gasteiger partial charge in [-0.2, -0.15) is 0 Å². The maximum absolute atomic E-state index is 4.28. The van der Waals surface area contributed by atoms with Gasteiger partial charge in [0.25, 0.3) is 0 Å². The van der Waals surface area contributed by atoms with Crippen LogP contribution in [0, 0.1) is 6.92 Å². The van der Waals surface area contributed by atoms with E-state index in [9.17, 15) is 0 Å². The van der Waals surface area contributed by atoms with Gasteiger partial charge < -0.3 is 5.32 Å². The zero-order chi connectivity index (χ0) is 13.2. The van der Waals surface area contributed by atoms with Gasteiger partial charge in [0, 0.05) is 16.7 Å². The Morgan fingerprint density at radius 3 is 2.95 bits per heavy atom. The summed E-state index contributed by atoms with van der Waals surface area (Å²) in [5, 5.41) is 3.45. The quantitative estimate of drug-likeness (QED) is 0.731. The van der Waals surface area contributed by atoms with Gasteiger partial charge in [-0.15, -0.1) is 11.3 Å². The molecule has 0 aliphatic rings. The molecule has 19 heavy (non-hydrogen) atoms. The average Bonchev–Trinajstić information content (AvgIpc) is 2.87. The van der Waals surface area contributed by atoms with E-state index >= 15 is 0 Å². The third-order valence-electron chi connectivity index (χ3n) is 3.06. The van der Waals surface area contributed by atoms with Crippen molar-refractivity contribution in [3.05, 3.63) is 57.5 Å². The molecule has 1 aromatic heterocycles. The monoisotopic (exact) mass is 332 g/mol. The van der Waals surface area contributed by atoms with Crippen molar-refractivity contribution in [2.75, 3.05) is 5.32 Å². The number of anilines is 1. The molecule has 0 aliphatic heterocycles. The molecule has 0 atom stereocenters. The fourth-order valence-electron chi connectivity index (χ4n) is 1.92. The van der Waals surface area contributed by atoms with E-state index in [0.29, 0.717) is 0 Å². The molecule has 2 aromatic carbocycles.